The Kier molecular flexibility index (Phi) is 4.31. The summed E-state index contributed by atoms with van der Waals surface area (Å²) in [5.41, 5.74) is 5.87. The van der Waals surface area contributed by atoms with Crippen LogP contribution < -0.4 is 5.73 Å². The molecule has 0 aromatic carbocycles. The van der Waals surface area contributed by atoms with Gasteiger partial charge in [0.25, 0.3) is 0 Å². The molecule has 3 N–H and O–H groups in total. The van der Waals surface area contributed by atoms with Gasteiger partial charge in [-0.25, -0.2) is 0 Å². The predicted molar refractivity (Wildman–Crippen MR) is 73.2 cm³/mol. The molecular weight excluding hydrogens is 266 g/mol. The number of piperidine rings is 1. The first-order valence-corrected chi connectivity index (χ1v) is 7.22. The third kappa shape index (κ3) is 3.19. The van der Waals surface area contributed by atoms with E-state index in [4.69, 9.17) is 10.8 Å². The first kappa shape index (κ1) is 14.1. The van der Waals surface area contributed by atoms with Crippen molar-refractivity contribution in [2.45, 2.75) is 37.0 Å². The smallest absolute Gasteiger partial charge is 0.313 e. The molecule has 2 heterocycles. The van der Waals surface area contributed by atoms with Gasteiger partial charge in [0, 0.05) is 18.6 Å². The highest BCUT2D eigenvalue weighted by atomic mass is 32.2. The van der Waals surface area contributed by atoms with E-state index in [-0.39, 0.29) is 11.8 Å². The number of nitrogens with two attached hydrogens (primary N) is 1. The van der Waals surface area contributed by atoms with E-state index in [1.807, 2.05) is 4.57 Å². The molecule has 1 aliphatic heterocycles. The van der Waals surface area contributed by atoms with Gasteiger partial charge in [-0.2, -0.15) is 0 Å². The Bertz CT molecular complexity index is 464. The molecule has 0 bridgehead atoms. The molecule has 1 saturated heterocycles. The molecule has 1 aromatic heterocycles. The largest absolute Gasteiger partial charge is 0.481 e. The zero-order chi connectivity index (χ0) is 14.0. The highest BCUT2D eigenvalue weighted by Crippen LogP contribution is 2.31. The number of likely N-dealkylation sites (tertiary alicyclic amines) is 1. The summed E-state index contributed by atoms with van der Waals surface area (Å²) in [5.74, 6) is -0.523. The number of hydrogen-bond acceptors (Lipinski definition) is 6. The Balaban J connectivity index is 2.14. The normalized spacial score (nSPS) is 24.5. The maximum atomic E-state index is 10.6. The lowest BCUT2D eigenvalue weighted by Gasteiger charge is -2.36. The van der Waals surface area contributed by atoms with Crippen molar-refractivity contribution in [2.24, 2.45) is 0 Å². The van der Waals surface area contributed by atoms with Crippen LogP contribution in [0.25, 0.3) is 0 Å². The predicted octanol–water partition coefficient (Wildman–Crippen LogP) is 0.692. The molecule has 0 radical (unpaired) electrons. The number of thioether (sulfide) groups is 1. The molecule has 2 rings (SSSR count). The molecule has 0 aliphatic carbocycles. The standard InChI is InChI=1S/C11H19N5O2S/c1-7-5-8(3-4-15(7)2)16-10(12)13-14-11(16)19-6-9(17)18/h7-8H,3-6H2,1-2H3,(H2,12,13)(H,17,18). The monoisotopic (exact) mass is 285 g/mol. The zero-order valence-corrected chi connectivity index (χ0v) is 11.9. The quantitative estimate of drug-likeness (QED) is 0.785. The van der Waals surface area contributed by atoms with Crippen LogP contribution in [0.1, 0.15) is 25.8 Å². The second-order valence-corrected chi connectivity index (χ2v) is 5.84. The van der Waals surface area contributed by atoms with Gasteiger partial charge in [-0.3, -0.25) is 9.36 Å². The van der Waals surface area contributed by atoms with E-state index in [0.29, 0.717) is 17.1 Å². The van der Waals surface area contributed by atoms with Gasteiger partial charge in [0.05, 0.1) is 5.75 Å². The molecule has 1 aliphatic rings. The minimum absolute atomic E-state index is 0.0275. The number of anilines is 1. The second-order valence-electron chi connectivity index (χ2n) is 4.90. The second kappa shape index (κ2) is 5.79. The Morgan fingerprint density at radius 2 is 2.32 bits per heavy atom. The van der Waals surface area contributed by atoms with Gasteiger partial charge in [0.2, 0.25) is 5.95 Å². The minimum Gasteiger partial charge on any atom is -0.481 e. The Morgan fingerprint density at radius 3 is 2.95 bits per heavy atom. The Labute approximate surface area is 116 Å². The summed E-state index contributed by atoms with van der Waals surface area (Å²) in [5, 5.41) is 17.2. The Morgan fingerprint density at radius 1 is 1.58 bits per heavy atom. The molecule has 0 amide bonds. The van der Waals surface area contributed by atoms with Crippen LogP contribution in [0.5, 0.6) is 0 Å². The van der Waals surface area contributed by atoms with E-state index in [0.717, 1.165) is 19.4 Å². The van der Waals surface area contributed by atoms with Gasteiger partial charge in [0.15, 0.2) is 5.16 Å². The van der Waals surface area contributed by atoms with E-state index in [1.54, 1.807) is 0 Å². The third-order valence-corrected chi connectivity index (χ3v) is 4.49. The SMILES string of the molecule is CC1CC(n2c(N)nnc2SCC(=O)O)CCN1C. The molecule has 1 fully saturated rings. The third-order valence-electron chi connectivity index (χ3n) is 3.56. The van der Waals surface area contributed by atoms with Gasteiger partial charge >= 0.3 is 5.97 Å². The first-order valence-electron chi connectivity index (χ1n) is 6.24. The lowest BCUT2D eigenvalue weighted by Crippen LogP contribution is -2.38. The average molecular weight is 285 g/mol. The number of hydrogen-bond donors (Lipinski definition) is 2. The molecular formula is C11H19N5O2S. The van der Waals surface area contributed by atoms with Gasteiger partial charge in [-0.05, 0) is 26.8 Å². The van der Waals surface area contributed by atoms with Crippen LogP contribution in [0, 0.1) is 0 Å². The van der Waals surface area contributed by atoms with E-state index in [2.05, 4.69) is 29.1 Å². The van der Waals surface area contributed by atoms with Crippen molar-refractivity contribution in [3.63, 3.8) is 0 Å². The lowest BCUT2D eigenvalue weighted by molar-refractivity contribution is -0.133. The molecule has 1 aromatic rings. The summed E-state index contributed by atoms with van der Waals surface area (Å²) in [7, 11) is 2.11. The number of aromatic nitrogens is 3. The van der Waals surface area contributed by atoms with E-state index in [1.165, 1.54) is 11.8 Å². The number of nitrogens with zero attached hydrogens (tertiary/aromatic N) is 4. The minimum atomic E-state index is -0.866. The molecule has 2 unspecified atom stereocenters. The van der Waals surface area contributed by atoms with Crippen LogP contribution in [0.3, 0.4) is 0 Å². The topological polar surface area (TPSA) is 97.3 Å². The average Bonchev–Trinajstić information content (AvgIpc) is 2.71. The van der Waals surface area contributed by atoms with Gasteiger partial charge in [0.1, 0.15) is 0 Å². The van der Waals surface area contributed by atoms with Crippen LogP contribution in [0.4, 0.5) is 5.95 Å². The molecule has 106 valence electrons. The van der Waals surface area contributed by atoms with Crippen molar-refractivity contribution >= 4 is 23.7 Å². The van der Waals surface area contributed by atoms with Gasteiger partial charge < -0.3 is 15.7 Å². The zero-order valence-electron chi connectivity index (χ0n) is 11.1. The Hall–Kier alpha value is -1.28. The summed E-state index contributed by atoms with van der Waals surface area (Å²) in [6.07, 6.45) is 1.95. The number of rotatable bonds is 4. The van der Waals surface area contributed by atoms with Crippen molar-refractivity contribution < 1.29 is 9.90 Å². The van der Waals surface area contributed by atoms with E-state index < -0.39 is 5.97 Å². The number of nitrogen functional groups attached to an aromatic ring is 1. The lowest BCUT2D eigenvalue weighted by atomic mass is 9.99. The molecule has 8 heteroatoms. The van der Waals surface area contributed by atoms with Crippen LogP contribution >= 0.6 is 11.8 Å². The van der Waals surface area contributed by atoms with Crippen molar-refractivity contribution in [1.29, 1.82) is 0 Å². The maximum absolute atomic E-state index is 10.6. The number of carbonyl (C=O) groups is 1. The van der Waals surface area contributed by atoms with Crippen LogP contribution in [-0.4, -0.2) is 56.1 Å². The number of carboxylic acids is 1. The van der Waals surface area contributed by atoms with Crippen LogP contribution in [0.2, 0.25) is 0 Å². The molecule has 7 nitrogen and oxygen atoms in total. The van der Waals surface area contributed by atoms with E-state index in [9.17, 15) is 4.79 Å². The summed E-state index contributed by atoms with van der Waals surface area (Å²) in [6, 6.07) is 0.718. The van der Waals surface area contributed by atoms with Gasteiger partial charge in [-0.15, -0.1) is 10.2 Å². The summed E-state index contributed by atoms with van der Waals surface area (Å²) in [6.45, 7) is 3.17. The first-order chi connectivity index (χ1) is 8.99. The number of aliphatic carboxylic acids is 1. The molecule has 0 saturated carbocycles. The van der Waals surface area contributed by atoms with Gasteiger partial charge in [-0.1, -0.05) is 11.8 Å². The fourth-order valence-electron chi connectivity index (χ4n) is 2.36. The van der Waals surface area contributed by atoms with Crippen LogP contribution in [-0.2, 0) is 4.79 Å². The van der Waals surface area contributed by atoms with Crippen molar-refractivity contribution in [2.75, 3.05) is 25.1 Å². The van der Waals surface area contributed by atoms with E-state index >= 15 is 0 Å². The molecule has 2 atom stereocenters. The highest BCUT2D eigenvalue weighted by Gasteiger charge is 2.27. The van der Waals surface area contributed by atoms with Crippen molar-refractivity contribution in [1.82, 2.24) is 19.7 Å². The van der Waals surface area contributed by atoms with Crippen molar-refractivity contribution in [3.05, 3.63) is 0 Å². The summed E-state index contributed by atoms with van der Waals surface area (Å²) in [4.78, 5) is 13.0. The summed E-state index contributed by atoms with van der Waals surface area (Å²) >= 11 is 1.17. The maximum Gasteiger partial charge on any atom is 0.313 e. The summed E-state index contributed by atoms with van der Waals surface area (Å²) < 4.78 is 1.89. The van der Waals surface area contributed by atoms with Crippen molar-refractivity contribution in [3.8, 4) is 0 Å². The fourth-order valence-corrected chi connectivity index (χ4v) is 3.09. The number of carboxylic acid groups (broad SMARTS) is 1. The molecule has 19 heavy (non-hydrogen) atoms. The highest BCUT2D eigenvalue weighted by molar-refractivity contribution is 7.99. The molecule has 0 spiro atoms. The fraction of sp³-hybridized carbons (Fsp3) is 0.727. The van der Waals surface area contributed by atoms with Crippen LogP contribution in [0.15, 0.2) is 5.16 Å².